The van der Waals surface area contributed by atoms with Gasteiger partial charge in [0.1, 0.15) is 0 Å². The van der Waals surface area contributed by atoms with Crippen LogP contribution in [0.4, 0.5) is 0 Å². The van der Waals surface area contributed by atoms with Crippen LogP contribution in [-0.4, -0.2) is 22.3 Å². The summed E-state index contributed by atoms with van der Waals surface area (Å²) in [7, 11) is 0. The van der Waals surface area contributed by atoms with Gasteiger partial charge in [-0.25, -0.2) is 0 Å². The lowest BCUT2D eigenvalue weighted by Crippen LogP contribution is -2.01. The molecule has 0 saturated heterocycles. The van der Waals surface area contributed by atoms with E-state index in [1.54, 1.807) is 6.08 Å². The second-order valence-electron chi connectivity index (χ2n) is 5.90. The minimum atomic E-state index is -0.750. The number of hydrogen-bond acceptors (Lipinski definition) is 2. The zero-order valence-corrected chi connectivity index (χ0v) is 15.5. The number of hydrogen-bond donors (Lipinski definition) is 2. The van der Waals surface area contributed by atoms with Crippen LogP contribution < -0.4 is 0 Å². The molecule has 0 fully saturated rings. The van der Waals surface area contributed by atoms with Crippen molar-refractivity contribution in [1.82, 2.24) is 0 Å². The number of carbonyl (C=O) groups is 1. The van der Waals surface area contributed by atoms with Crippen molar-refractivity contribution in [3.8, 4) is 0 Å². The van der Waals surface area contributed by atoms with Crippen molar-refractivity contribution in [2.45, 2.75) is 70.8 Å². The van der Waals surface area contributed by atoms with Gasteiger partial charge in [-0.1, -0.05) is 80.5 Å². The molecule has 3 nitrogen and oxygen atoms in total. The van der Waals surface area contributed by atoms with E-state index in [0.717, 1.165) is 38.5 Å². The minimum absolute atomic E-state index is 0.216. The van der Waals surface area contributed by atoms with Crippen LogP contribution in [0.25, 0.3) is 0 Å². The molecule has 25 heavy (non-hydrogen) atoms. The number of carboxylic acid groups (broad SMARTS) is 1. The van der Waals surface area contributed by atoms with Crippen molar-refractivity contribution in [3.05, 3.63) is 60.8 Å². The SMILES string of the molecule is CCC=CCC=CCC=CCC=CC=CC(O)CCCCCC(=O)O. The number of aliphatic hydroxyl groups excluding tert-OH is 1. The van der Waals surface area contributed by atoms with Gasteiger partial charge in [0.05, 0.1) is 6.10 Å². The second-order valence-corrected chi connectivity index (χ2v) is 5.90. The normalized spacial score (nSPS) is 14.0. The highest BCUT2D eigenvalue weighted by Crippen LogP contribution is 2.06. The van der Waals surface area contributed by atoms with Gasteiger partial charge in [-0.2, -0.15) is 0 Å². The van der Waals surface area contributed by atoms with E-state index in [9.17, 15) is 9.90 Å². The highest BCUT2D eigenvalue weighted by Gasteiger charge is 2.00. The Morgan fingerprint density at radius 2 is 1.44 bits per heavy atom. The fourth-order valence-electron chi connectivity index (χ4n) is 2.14. The summed E-state index contributed by atoms with van der Waals surface area (Å²) in [6.45, 7) is 2.14. The molecule has 0 saturated carbocycles. The Hall–Kier alpha value is -1.87. The minimum Gasteiger partial charge on any atom is -0.481 e. The highest BCUT2D eigenvalue weighted by atomic mass is 16.4. The Morgan fingerprint density at radius 3 is 2.04 bits per heavy atom. The van der Waals surface area contributed by atoms with Crippen LogP contribution in [0.5, 0.6) is 0 Å². The van der Waals surface area contributed by atoms with E-state index in [1.165, 1.54) is 0 Å². The smallest absolute Gasteiger partial charge is 0.303 e. The quantitative estimate of drug-likeness (QED) is 0.226. The molecule has 2 N–H and O–H groups in total. The van der Waals surface area contributed by atoms with E-state index >= 15 is 0 Å². The van der Waals surface area contributed by atoms with Gasteiger partial charge in [-0.05, 0) is 38.5 Å². The average Bonchev–Trinajstić information content (AvgIpc) is 2.58. The number of allylic oxidation sites excluding steroid dienone is 9. The van der Waals surface area contributed by atoms with Gasteiger partial charge in [-0.15, -0.1) is 0 Å². The van der Waals surface area contributed by atoms with E-state index < -0.39 is 12.1 Å². The fraction of sp³-hybridized carbons (Fsp3) is 0.500. The third-order valence-corrected chi connectivity index (χ3v) is 3.52. The molecule has 1 atom stereocenters. The summed E-state index contributed by atoms with van der Waals surface area (Å²) >= 11 is 0. The number of aliphatic hydroxyl groups is 1. The summed E-state index contributed by atoms with van der Waals surface area (Å²) in [5, 5.41) is 18.3. The van der Waals surface area contributed by atoms with Crippen LogP contribution in [0.1, 0.15) is 64.7 Å². The van der Waals surface area contributed by atoms with Crippen LogP contribution in [0.2, 0.25) is 0 Å². The predicted octanol–water partition coefficient (Wildman–Crippen LogP) is 5.74. The molecule has 0 rings (SSSR count). The zero-order valence-electron chi connectivity index (χ0n) is 15.5. The molecule has 0 amide bonds. The molecule has 0 aliphatic carbocycles. The summed E-state index contributed by atoms with van der Waals surface area (Å²) in [6.07, 6.45) is 27.4. The molecule has 140 valence electrons. The molecule has 1 unspecified atom stereocenters. The third-order valence-electron chi connectivity index (χ3n) is 3.52. The van der Waals surface area contributed by atoms with Crippen molar-refractivity contribution in [1.29, 1.82) is 0 Å². The summed E-state index contributed by atoms with van der Waals surface area (Å²) < 4.78 is 0. The number of aliphatic carboxylic acids is 1. The molecule has 0 aromatic heterocycles. The van der Waals surface area contributed by atoms with Crippen LogP contribution in [0.15, 0.2) is 60.8 Å². The second kappa shape index (κ2) is 18.5. The predicted molar refractivity (Wildman–Crippen MR) is 107 cm³/mol. The van der Waals surface area contributed by atoms with Crippen LogP contribution >= 0.6 is 0 Å². The lowest BCUT2D eigenvalue weighted by molar-refractivity contribution is -0.137. The summed E-state index contributed by atoms with van der Waals surface area (Å²) in [5.41, 5.74) is 0. The van der Waals surface area contributed by atoms with Crippen molar-refractivity contribution in [2.75, 3.05) is 0 Å². The Labute approximate surface area is 153 Å². The highest BCUT2D eigenvalue weighted by molar-refractivity contribution is 5.66. The van der Waals surface area contributed by atoms with Crippen LogP contribution in [-0.2, 0) is 4.79 Å². The van der Waals surface area contributed by atoms with Gasteiger partial charge < -0.3 is 10.2 Å². The first-order valence-corrected chi connectivity index (χ1v) is 9.35. The molecule has 0 aliphatic rings. The van der Waals surface area contributed by atoms with Crippen molar-refractivity contribution in [2.24, 2.45) is 0 Å². The van der Waals surface area contributed by atoms with Gasteiger partial charge in [0.2, 0.25) is 0 Å². The average molecular weight is 347 g/mol. The summed E-state index contributed by atoms with van der Waals surface area (Å²) in [5.74, 6) is -0.750. The molecule has 0 aliphatic heterocycles. The molecule has 0 spiro atoms. The Kier molecular flexibility index (Phi) is 17.1. The topological polar surface area (TPSA) is 57.5 Å². The maximum atomic E-state index is 10.4. The Bertz CT molecular complexity index is 456. The third kappa shape index (κ3) is 20.1. The number of carboxylic acids is 1. The van der Waals surface area contributed by atoms with E-state index in [2.05, 4.69) is 49.5 Å². The van der Waals surface area contributed by atoms with Crippen LogP contribution in [0, 0.1) is 0 Å². The van der Waals surface area contributed by atoms with E-state index in [4.69, 9.17) is 5.11 Å². The first-order chi connectivity index (χ1) is 12.2. The lowest BCUT2D eigenvalue weighted by atomic mass is 10.1. The van der Waals surface area contributed by atoms with E-state index in [1.807, 2.05) is 12.2 Å². The monoisotopic (exact) mass is 346 g/mol. The van der Waals surface area contributed by atoms with Crippen molar-refractivity contribution in [3.63, 3.8) is 0 Å². The standard InChI is InChI=1S/C22H34O3/c1-2-3-4-5-6-7-8-9-10-11-12-13-15-18-21(23)19-16-14-17-20-22(24)25/h3-4,6-7,9-10,12-13,15,18,21,23H,2,5,8,11,14,16-17,19-20H2,1H3,(H,24,25). The molecule has 0 aromatic carbocycles. The van der Waals surface area contributed by atoms with E-state index in [0.29, 0.717) is 12.8 Å². The molecular formula is C22H34O3. The maximum Gasteiger partial charge on any atom is 0.303 e. The van der Waals surface area contributed by atoms with Gasteiger partial charge in [0.25, 0.3) is 0 Å². The van der Waals surface area contributed by atoms with Gasteiger partial charge in [0, 0.05) is 6.42 Å². The first kappa shape index (κ1) is 23.1. The van der Waals surface area contributed by atoms with Gasteiger partial charge >= 0.3 is 5.97 Å². The number of unbranched alkanes of at least 4 members (excludes halogenated alkanes) is 2. The lowest BCUT2D eigenvalue weighted by Gasteiger charge is -2.03. The maximum absolute atomic E-state index is 10.4. The fourth-order valence-corrected chi connectivity index (χ4v) is 2.14. The molecule has 0 bridgehead atoms. The molecule has 3 heteroatoms. The number of rotatable bonds is 15. The van der Waals surface area contributed by atoms with Crippen molar-refractivity contribution < 1.29 is 15.0 Å². The van der Waals surface area contributed by atoms with Crippen LogP contribution in [0.3, 0.4) is 0 Å². The zero-order chi connectivity index (χ0) is 18.6. The first-order valence-electron chi connectivity index (χ1n) is 9.35. The Morgan fingerprint density at radius 1 is 0.840 bits per heavy atom. The Balaban J connectivity index is 3.61. The van der Waals surface area contributed by atoms with E-state index in [-0.39, 0.29) is 6.42 Å². The largest absolute Gasteiger partial charge is 0.481 e. The molecular weight excluding hydrogens is 312 g/mol. The molecule has 0 radical (unpaired) electrons. The molecule has 0 aromatic rings. The van der Waals surface area contributed by atoms with Gasteiger partial charge in [0.15, 0.2) is 0 Å². The molecule has 0 heterocycles. The van der Waals surface area contributed by atoms with Gasteiger partial charge in [-0.3, -0.25) is 4.79 Å². The van der Waals surface area contributed by atoms with Crippen molar-refractivity contribution >= 4 is 5.97 Å². The summed E-state index contributed by atoms with van der Waals surface area (Å²) in [6, 6.07) is 0. The summed E-state index contributed by atoms with van der Waals surface area (Å²) in [4.78, 5) is 10.4.